The van der Waals surface area contributed by atoms with Gasteiger partial charge in [0.1, 0.15) is 6.61 Å². The molecule has 1 unspecified atom stereocenters. The highest BCUT2D eigenvalue weighted by atomic mass is 16.6. The van der Waals surface area contributed by atoms with Crippen LogP contribution < -0.4 is 0 Å². The summed E-state index contributed by atoms with van der Waals surface area (Å²) < 4.78 is 17.2. The van der Waals surface area contributed by atoms with Gasteiger partial charge in [-0.15, -0.1) is 0 Å². The first kappa shape index (κ1) is 56.8. The molecule has 0 aliphatic carbocycles. The summed E-state index contributed by atoms with van der Waals surface area (Å²) in [5.74, 6) is -0.560. The van der Waals surface area contributed by atoms with Gasteiger partial charge in [-0.25, -0.2) is 0 Å². The lowest BCUT2D eigenvalue weighted by molar-refractivity contribution is -0.162. The molecule has 0 aromatic carbocycles. The van der Waals surface area contributed by atoms with Crippen LogP contribution in [0, 0.1) is 0 Å². The minimum Gasteiger partial charge on any atom is -0.462 e. The summed E-state index contributed by atoms with van der Waals surface area (Å²) in [6.07, 6.45) is 67.2. The van der Waals surface area contributed by atoms with Crippen LogP contribution in [-0.4, -0.2) is 37.9 Å². The van der Waals surface area contributed by atoms with E-state index < -0.39 is 6.10 Å². The quantitative estimate of drug-likeness (QED) is 0.0348. The Morgan fingerprint density at radius 2 is 0.817 bits per heavy atom. The summed E-state index contributed by atoms with van der Waals surface area (Å²) in [5, 5.41) is 0. The average molecular weight is 833 g/mol. The molecule has 342 valence electrons. The van der Waals surface area contributed by atoms with E-state index in [2.05, 4.69) is 106 Å². The van der Waals surface area contributed by atoms with Crippen LogP contribution in [0.15, 0.2) is 97.2 Å². The molecule has 0 rings (SSSR count). The fourth-order valence-electron chi connectivity index (χ4n) is 6.42. The molecule has 5 heteroatoms. The molecule has 0 saturated carbocycles. The van der Waals surface area contributed by atoms with Gasteiger partial charge in [-0.05, 0) is 96.3 Å². The number of hydrogen-bond acceptors (Lipinski definition) is 5. The minimum atomic E-state index is -0.601. The summed E-state index contributed by atoms with van der Waals surface area (Å²) in [4.78, 5) is 25.3. The van der Waals surface area contributed by atoms with Gasteiger partial charge in [0, 0.05) is 13.0 Å². The van der Waals surface area contributed by atoms with Crippen LogP contribution in [-0.2, 0) is 23.8 Å². The lowest BCUT2D eigenvalue weighted by Crippen LogP contribution is -2.29. The van der Waals surface area contributed by atoms with Crippen LogP contribution >= 0.6 is 0 Å². The van der Waals surface area contributed by atoms with Crippen molar-refractivity contribution in [3.8, 4) is 0 Å². The van der Waals surface area contributed by atoms with Crippen LogP contribution in [0.1, 0.15) is 213 Å². The van der Waals surface area contributed by atoms with Gasteiger partial charge in [-0.1, -0.05) is 201 Å². The maximum absolute atomic E-state index is 12.7. The second kappa shape index (κ2) is 50.2. The molecule has 1 atom stereocenters. The van der Waals surface area contributed by atoms with E-state index in [4.69, 9.17) is 14.2 Å². The van der Waals surface area contributed by atoms with E-state index in [1.165, 1.54) is 103 Å². The van der Waals surface area contributed by atoms with E-state index in [1.807, 2.05) is 12.2 Å². The zero-order valence-electron chi connectivity index (χ0n) is 39.2. The van der Waals surface area contributed by atoms with Crippen molar-refractivity contribution in [3.63, 3.8) is 0 Å². The van der Waals surface area contributed by atoms with E-state index in [0.717, 1.165) is 77.0 Å². The van der Waals surface area contributed by atoms with Crippen molar-refractivity contribution in [2.75, 3.05) is 19.8 Å². The number of hydrogen-bond donors (Lipinski definition) is 0. The summed E-state index contributed by atoms with van der Waals surface area (Å²) in [6, 6.07) is 0. The fourth-order valence-corrected chi connectivity index (χ4v) is 6.42. The molecule has 0 amide bonds. The number of ether oxygens (including phenoxy) is 3. The van der Waals surface area contributed by atoms with Gasteiger partial charge in [0.15, 0.2) is 6.10 Å². The molecule has 0 N–H and O–H groups in total. The first-order valence-corrected chi connectivity index (χ1v) is 24.8. The Balaban J connectivity index is 4.40. The standard InChI is InChI=1S/C55H92O5/c1-4-7-10-13-16-19-22-25-27-28-30-31-33-36-39-42-45-48-54(56)59-52-53(51-58-50-47-44-41-38-35-24-21-18-15-12-9-6-3)60-55(57)49-46-43-40-37-34-32-29-26-23-20-17-14-11-8-5-2/h8,11,15-20,25-27,29,34,37,43,46,53H,4-7,9-10,12-14,21-24,28,30-33,35-36,38-42,44-45,47-52H2,1-3H3/b11-8-,18-15-,19-16-,20-17-,27-25-,29-26-,37-34-,46-43-. The molecule has 0 bridgehead atoms. The first-order chi connectivity index (χ1) is 29.6. The fraction of sp³-hybridized carbons (Fsp3) is 0.673. The Morgan fingerprint density at radius 3 is 1.35 bits per heavy atom. The molecule has 0 saturated heterocycles. The van der Waals surface area contributed by atoms with Crippen LogP contribution in [0.2, 0.25) is 0 Å². The molecule has 0 aromatic rings. The molecule has 0 aromatic heterocycles. The lowest BCUT2D eigenvalue weighted by Gasteiger charge is -2.18. The molecular formula is C55H92O5. The number of unbranched alkanes of at least 4 members (excludes halogenated alkanes) is 18. The molecule has 0 radical (unpaired) electrons. The summed E-state index contributed by atoms with van der Waals surface area (Å²) in [6.45, 7) is 7.52. The molecule has 5 nitrogen and oxygen atoms in total. The number of carbonyl (C=O) groups excluding carboxylic acids is 2. The highest BCUT2D eigenvalue weighted by Gasteiger charge is 2.17. The normalized spacial score (nSPS) is 13.1. The van der Waals surface area contributed by atoms with E-state index >= 15 is 0 Å². The van der Waals surface area contributed by atoms with Gasteiger partial charge in [-0.3, -0.25) is 9.59 Å². The zero-order valence-corrected chi connectivity index (χ0v) is 39.2. The Hall–Kier alpha value is -3.18. The molecule has 0 aliphatic rings. The lowest BCUT2D eigenvalue weighted by atomic mass is 10.1. The van der Waals surface area contributed by atoms with Gasteiger partial charge in [0.25, 0.3) is 0 Å². The number of rotatable bonds is 44. The highest BCUT2D eigenvalue weighted by Crippen LogP contribution is 2.12. The predicted octanol–water partition coefficient (Wildman–Crippen LogP) is 16.7. The van der Waals surface area contributed by atoms with Crippen LogP contribution in [0.4, 0.5) is 0 Å². The van der Waals surface area contributed by atoms with Crippen LogP contribution in [0.3, 0.4) is 0 Å². The van der Waals surface area contributed by atoms with E-state index in [1.54, 1.807) is 0 Å². The summed E-state index contributed by atoms with van der Waals surface area (Å²) >= 11 is 0. The second-order valence-corrected chi connectivity index (χ2v) is 16.0. The van der Waals surface area contributed by atoms with E-state index in [-0.39, 0.29) is 31.6 Å². The molecule has 0 aliphatic heterocycles. The Morgan fingerprint density at radius 1 is 0.400 bits per heavy atom. The largest absolute Gasteiger partial charge is 0.462 e. The second-order valence-electron chi connectivity index (χ2n) is 16.0. The van der Waals surface area contributed by atoms with Crippen LogP contribution in [0.5, 0.6) is 0 Å². The highest BCUT2D eigenvalue weighted by molar-refractivity contribution is 5.71. The van der Waals surface area contributed by atoms with E-state index in [9.17, 15) is 9.59 Å². The van der Waals surface area contributed by atoms with Gasteiger partial charge >= 0.3 is 11.9 Å². The Labute approximate surface area is 371 Å². The predicted molar refractivity (Wildman–Crippen MR) is 260 cm³/mol. The molecule has 0 spiro atoms. The summed E-state index contributed by atoms with van der Waals surface area (Å²) in [7, 11) is 0. The third kappa shape index (κ3) is 47.5. The average Bonchev–Trinajstić information content (AvgIpc) is 3.25. The monoisotopic (exact) mass is 833 g/mol. The van der Waals surface area contributed by atoms with Crippen molar-refractivity contribution >= 4 is 11.9 Å². The molecule has 0 heterocycles. The van der Waals surface area contributed by atoms with Crippen LogP contribution in [0.25, 0.3) is 0 Å². The minimum absolute atomic E-state index is 0.0345. The smallest absolute Gasteiger partial charge is 0.310 e. The van der Waals surface area contributed by atoms with E-state index in [0.29, 0.717) is 13.0 Å². The third-order valence-electron chi connectivity index (χ3n) is 10.1. The van der Waals surface area contributed by atoms with Gasteiger partial charge in [0.2, 0.25) is 0 Å². The first-order valence-electron chi connectivity index (χ1n) is 24.8. The number of allylic oxidation sites excluding steroid dienone is 15. The third-order valence-corrected chi connectivity index (χ3v) is 10.1. The van der Waals surface area contributed by atoms with Crippen molar-refractivity contribution in [1.29, 1.82) is 0 Å². The molecule has 0 fully saturated rings. The van der Waals surface area contributed by atoms with Crippen molar-refractivity contribution in [2.24, 2.45) is 0 Å². The molecular weight excluding hydrogens is 741 g/mol. The van der Waals surface area contributed by atoms with Gasteiger partial charge in [0.05, 0.1) is 13.0 Å². The SMILES string of the molecule is CC/C=C\C/C=C\C/C=C\C/C=C\C/C=C\CC(=O)OC(COCCCCCCCC/C=C\CCCC)COC(=O)CCCCCCCCC/C=C\C/C=C\CCCCC. The Bertz CT molecular complexity index is 1170. The Kier molecular flexibility index (Phi) is 47.5. The molecule has 60 heavy (non-hydrogen) atoms. The van der Waals surface area contributed by atoms with Crippen molar-refractivity contribution in [3.05, 3.63) is 97.2 Å². The maximum atomic E-state index is 12.7. The zero-order chi connectivity index (χ0) is 43.5. The number of carbonyl (C=O) groups is 2. The van der Waals surface area contributed by atoms with Gasteiger partial charge in [-0.2, -0.15) is 0 Å². The number of esters is 2. The summed E-state index contributed by atoms with van der Waals surface area (Å²) in [5.41, 5.74) is 0. The van der Waals surface area contributed by atoms with Gasteiger partial charge < -0.3 is 14.2 Å². The topological polar surface area (TPSA) is 61.8 Å². The van der Waals surface area contributed by atoms with Crippen molar-refractivity contribution < 1.29 is 23.8 Å². The van der Waals surface area contributed by atoms with Crippen molar-refractivity contribution in [2.45, 2.75) is 219 Å². The maximum Gasteiger partial charge on any atom is 0.310 e. The van der Waals surface area contributed by atoms with Crippen molar-refractivity contribution in [1.82, 2.24) is 0 Å².